The zero-order chi connectivity index (χ0) is 13.8. The number of nitrogens with one attached hydrogen (secondary N) is 1. The van der Waals surface area contributed by atoms with Crippen LogP contribution in [0.1, 0.15) is 38.2 Å². The highest BCUT2D eigenvalue weighted by atomic mass is 16.5. The topological polar surface area (TPSA) is 84.3 Å². The van der Waals surface area contributed by atoms with Gasteiger partial charge >= 0.3 is 5.69 Å². The third kappa shape index (κ3) is 3.07. The average Bonchev–Trinajstić information content (AvgIpc) is 2.39. The van der Waals surface area contributed by atoms with Crippen LogP contribution in [-0.2, 0) is 17.7 Å². The van der Waals surface area contributed by atoms with Crippen molar-refractivity contribution in [3.8, 4) is 5.88 Å². The molecule has 0 bridgehead atoms. The molecule has 0 saturated carbocycles. The van der Waals surface area contributed by atoms with Gasteiger partial charge in [0.25, 0.3) is 5.56 Å². The van der Waals surface area contributed by atoms with Crippen molar-refractivity contribution in [2.75, 3.05) is 6.61 Å². The molecule has 2 rings (SSSR count). The first kappa shape index (κ1) is 13.9. The first-order chi connectivity index (χ1) is 9.13. The third-order valence-electron chi connectivity index (χ3n) is 3.57. The predicted molar refractivity (Wildman–Crippen MR) is 70.6 cm³/mol. The molecular formula is C13H20N2O4. The van der Waals surface area contributed by atoms with Crippen LogP contribution in [0.3, 0.4) is 0 Å². The molecule has 2 N–H and O–H groups in total. The van der Waals surface area contributed by atoms with E-state index in [2.05, 4.69) is 4.98 Å². The summed E-state index contributed by atoms with van der Waals surface area (Å²) in [6.45, 7) is 2.89. The Bertz CT molecular complexity index is 541. The maximum Gasteiger partial charge on any atom is 0.331 e. The largest absolute Gasteiger partial charge is 0.494 e. The lowest BCUT2D eigenvalue weighted by atomic mass is 10.1. The summed E-state index contributed by atoms with van der Waals surface area (Å²) in [5.74, 6) is -0.216. The maximum atomic E-state index is 11.7. The molecule has 1 unspecified atom stereocenters. The summed E-state index contributed by atoms with van der Waals surface area (Å²) in [5, 5.41) is 9.98. The number of aromatic amines is 1. The summed E-state index contributed by atoms with van der Waals surface area (Å²) in [5.41, 5.74) is -0.810. The zero-order valence-corrected chi connectivity index (χ0v) is 11.1. The lowest BCUT2D eigenvalue weighted by Crippen LogP contribution is -2.33. The van der Waals surface area contributed by atoms with E-state index in [0.717, 1.165) is 25.9 Å². The Morgan fingerprint density at radius 3 is 2.84 bits per heavy atom. The Morgan fingerprint density at radius 2 is 2.21 bits per heavy atom. The molecule has 0 spiro atoms. The van der Waals surface area contributed by atoms with Crippen molar-refractivity contribution >= 4 is 0 Å². The first-order valence-electron chi connectivity index (χ1n) is 6.80. The SMILES string of the molecule is CCc1c(O)n(CCC2CCCCO2)c(=O)[nH]c1=O. The monoisotopic (exact) mass is 268 g/mol. The molecule has 6 heteroatoms. The van der Waals surface area contributed by atoms with Crippen LogP contribution in [0.4, 0.5) is 0 Å². The van der Waals surface area contributed by atoms with Crippen LogP contribution in [0.2, 0.25) is 0 Å². The van der Waals surface area contributed by atoms with E-state index in [9.17, 15) is 14.7 Å². The second kappa shape index (κ2) is 6.06. The minimum atomic E-state index is -0.560. The summed E-state index contributed by atoms with van der Waals surface area (Å²) < 4.78 is 6.81. The highest BCUT2D eigenvalue weighted by Gasteiger charge is 2.17. The van der Waals surface area contributed by atoms with Gasteiger partial charge in [-0.3, -0.25) is 14.3 Å². The van der Waals surface area contributed by atoms with E-state index in [-0.39, 0.29) is 17.5 Å². The number of ether oxygens (including phenoxy) is 1. The smallest absolute Gasteiger partial charge is 0.331 e. The number of H-pyrrole nitrogens is 1. The molecule has 2 heterocycles. The van der Waals surface area contributed by atoms with Crippen LogP contribution < -0.4 is 11.2 Å². The molecule has 19 heavy (non-hydrogen) atoms. The molecule has 1 saturated heterocycles. The number of nitrogens with zero attached hydrogens (tertiary/aromatic N) is 1. The van der Waals surface area contributed by atoms with E-state index in [0.29, 0.717) is 19.4 Å². The fourth-order valence-corrected chi connectivity index (χ4v) is 2.43. The van der Waals surface area contributed by atoms with Crippen molar-refractivity contribution in [2.24, 2.45) is 0 Å². The number of rotatable bonds is 4. The Kier molecular flexibility index (Phi) is 4.42. The second-order valence-electron chi connectivity index (χ2n) is 4.84. The van der Waals surface area contributed by atoms with Crippen LogP contribution in [0.25, 0.3) is 0 Å². The third-order valence-corrected chi connectivity index (χ3v) is 3.57. The number of hydrogen-bond acceptors (Lipinski definition) is 4. The van der Waals surface area contributed by atoms with Gasteiger partial charge in [-0.1, -0.05) is 6.92 Å². The van der Waals surface area contributed by atoms with E-state index in [4.69, 9.17) is 4.74 Å². The molecule has 1 aromatic heterocycles. The summed E-state index contributed by atoms with van der Waals surface area (Å²) in [6, 6.07) is 0. The van der Waals surface area contributed by atoms with Gasteiger partial charge in [0, 0.05) is 13.2 Å². The van der Waals surface area contributed by atoms with Crippen molar-refractivity contribution in [3.63, 3.8) is 0 Å². The maximum absolute atomic E-state index is 11.7. The van der Waals surface area contributed by atoms with Crippen LogP contribution >= 0.6 is 0 Å². The zero-order valence-electron chi connectivity index (χ0n) is 11.1. The fourth-order valence-electron chi connectivity index (χ4n) is 2.43. The standard InChI is InChI=1S/C13H20N2O4/c1-2-10-11(16)14-13(18)15(12(10)17)7-6-9-5-3-4-8-19-9/h9,17H,2-8H2,1H3,(H,14,16,18). The van der Waals surface area contributed by atoms with Gasteiger partial charge in [-0.05, 0) is 32.1 Å². The number of aromatic nitrogens is 2. The Morgan fingerprint density at radius 1 is 1.42 bits per heavy atom. The molecule has 1 aliphatic rings. The van der Waals surface area contributed by atoms with Gasteiger partial charge in [0.1, 0.15) is 0 Å². The number of hydrogen-bond donors (Lipinski definition) is 2. The first-order valence-corrected chi connectivity index (χ1v) is 6.80. The molecule has 0 aromatic carbocycles. The normalized spacial score (nSPS) is 19.5. The fraction of sp³-hybridized carbons (Fsp3) is 0.692. The Hall–Kier alpha value is -1.56. The minimum absolute atomic E-state index is 0.136. The second-order valence-corrected chi connectivity index (χ2v) is 4.84. The molecule has 0 radical (unpaired) electrons. The van der Waals surface area contributed by atoms with Crippen molar-refractivity contribution in [2.45, 2.75) is 51.7 Å². The van der Waals surface area contributed by atoms with Crippen LogP contribution in [-0.4, -0.2) is 27.4 Å². The lowest BCUT2D eigenvalue weighted by Gasteiger charge is -2.23. The predicted octanol–water partition coefficient (Wildman–Crippen LogP) is 0.764. The van der Waals surface area contributed by atoms with Crippen molar-refractivity contribution in [1.82, 2.24) is 9.55 Å². The number of aromatic hydroxyl groups is 1. The average molecular weight is 268 g/mol. The van der Waals surface area contributed by atoms with Crippen molar-refractivity contribution in [3.05, 3.63) is 26.4 Å². The molecule has 6 nitrogen and oxygen atoms in total. The van der Waals surface area contributed by atoms with Crippen molar-refractivity contribution in [1.29, 1.82) is 0 Å². The van der Waals surface area contributed by atoms with Gasteiger partial charge in [0.2, 0.25) is 5.88 Å². The summed E-state index contributed by atoms with van der Waals surface area (Å²) in [7, 11) is 0. The molecule has 0 aliphatic carbocycles. The highest BCUT2D eigenvalue weighted by molar-refractivity contribution is 5.22. The Labute approximate surface area is 111 Å². The van der Waals surface area contributed by atoms with Gasteiger partial charge < -0.3 is 9.84 Å². The van der Waals surface area contributed by atoms with Crippen LogP contribution in [0.5, 0.6) is 5.88 Å². The van der Waals surface area contributed by atoms with Gasteiger partial charge in [-0.2, -0.15) is 0 Å². The van der Waals surface area contributed by atoms with E-state index >= 15 is 0 Å². The summed E-state index contributed by atoms with van der Waals surface area (Å²) in [6.07, 6.45) is 4.40. The van der Waals surface area contributed by atoms with Crippen molar-refractivity contribution < 1.29 is 9.84 Å². The molecule has 1 aliphatic heterocycles. The van der Waals surface area contributed by atoms with Gasteiger partial charge in [-0.15, -0.1) is 0 Å². The molecule has 1 atom stereocenters. The lowest BCUT2D eigenvalue weighted by molar-refractivity contribution is 0.00830. The molecule has 106 valence electrons. The van der Waals surface area contributed by atoms with Gasteiger partial charge in [0.05, 0.1) is 11.7 Å². The minimum Gasteiger partial charge on any atom is -0.494 e. The molecule has 1 fully saturated rings. The van der Waals surface area contributed by atoms with Crippen LogP contribution in [0.15, 0.2) is 9.59 Å². The Balaban J connectivity index is 2.15. The van der Waals surface area contributed by atoms with E-state index in [1.54, 1.807) is 6.92 Å². The van der Waals surface area contributed by atoms with Crippen LogP contribution in [0, 0.1) is 0 Å². The van der Waals surface area contributed by atoms with E-state index < -0.39 is 11.2 Å². The van der Waals surface area contributed by atoms with E-state index in [1.165, 1.54) is 4.57 Å². The highest BCUT2D eigenvalue weighted by Crippen LogP contribution is 2.17. The van der Waals surface area contributed by atoms with Gasteiger partial charge in [0.15, 0.2) is 0 Å². The van der Waals surface area contributed by atoms with E-state index in [1.807, 2.05) is 0 Å². The quantitative estimate of drug-likeness (QED) is 0.844. The summed E-state index contributed by atoms with van der Waals surface area (Å²) >= 11 is 0. The summed E-state index contributed by atoms with van der Waals surface area (Å²) in [4.78, 5) is 25.4. The molecular weight excluding hydrogens is 248 g/mol. The van der Waals surface area contributed by atoms with Gasteiger partial charge in [-0.25, -0.2) is 4.79 Å². The molecule has 1 aromatic rings. The molecule has 0 amide bonds.